The zero-order valence-electron chi connectivity index (χ0n) is 10.4. The van der Waals surface area contributed by atoms with E-state index in [9.17, 15) is 0 Å². The number of nitrogens with one attached hydrogen (secondary N) is 1. The lowest BCUT2D eigenvalue weighted by Crippen LogP contribution is -2.40. The molecule has 0 fully saturated rings. The third-order valence-electron chi connectivity index (χ3n) is 3.18. The van der Waals surface area contributed by atoms with Crippen molar-refractivity contribution in [2.24, 2.45) is 5.73 Å². The number of anilines is 1. The molecule has 0 aliphatic carbocycles. The number of nitrogens with two attached hydrogens (primary N) is 1. The first kappa shape index (κ1) is 12.5. The fourth-order valence-electron chi connectivity index (χ4n) is 1.36. The van der Waals surface area contributed by atoms with Crippen LogP contribution in [0.5, 0.6) is 0 Å². The van der Waals surface area contributed by atoms with E-state index < -0.39 is 0 Å². The van der Waals surface area contributed by atoms with E-state index in [0.29, 0.717) is 5.69 Å². The van der Waals surface area contributed by atoms with Gasteiger partial charge in [-0.05, 0) is 32.4 Å². The Morgan fingerprint density at radius 1 is 1.56 bits per heavy atom. The number of hydrogen-bond acceptors (Lipinski definition) is 3. The molecule has 1 rings (SSSR count). The zero-order chi connectivity index (χ0) is 12.3. The fourth-order valence-corrected chi connectivity index (χ4v) is 1.36. The molecule has 4 nitrogen and oxygen atoms in total. The predicted molar refractivity (Wildman–Crippen MR) is 68.0 cm³/mol. The van der Waals surface area contributed by atoms with Gasteiger partial charge in [0.2, 0.25) is 0 Å². The van der Waals surface area contributed by atoms with Crippen LogP contribution in [0.15, 0.2) is 18.3 Å². The van der Waals surface area contributed by atoms with Crippen molar-refractivity contribution in [1.29, 1.82) is 5.41 Å². The average Bonchev–Trinajstić information content (AvgIpc) is 2.28. The number of rotatable bonds is 4. The van der Waals surface area contributed by atoms with Crippen LogP contribution in [0, 0.1) is 5.41 Å². The Hall–Kier alpha value is -1.58. The third kappa shape index (κ3) is 2.51. The number of hydrogen-bond donors (Lipinski definition) is 2. The molecule has 0 amide bonds. The molecule has 0 unspecified atom stereocenters. The number of nitrogens with zero attached hydrogens (tertiary/aromatic N) is 2. The standard InChI is InChI=1S/C12H20N4/c1-5-12(2,3)16(4)9-6-7-15-10(8-9)11(13)14/h6-8H,5H2,1-4H3,(H3,13,14). The van der Waals surface area contributed by atoms with E-state index in [0.717, 1.165) is 12.1 Å². The lowest BCUT2D eigenvalue weighted by Gasteiger charge is -2.36. The minimum Gasteiger partial charge on any atom is -0.382 e. The summed E-state index contributed by atoms with van der Waals surface area (Å²) in [4.78, 5) is 6.23. The molecule has 0 bridgehead atoms. The maximum Gasteiger partial charge on any atom is 0.141 e. The van der Waals surface area contributed by atoms with Crippen LogP contribution >= 0.6 is 0 Å². The summed E-state index contributed by atoms with van der Waals surface area (Å²) in [6.07, 6.45) is 2.73. The van der Waals surface area contributed by atoms with Crippen molar-refractivity contribution in [1.82, 2.24) is 4.98 Å². The van der Waals surface area contributed by atoms with Gasteiger partial charge in [-0.3, -0.25) is 10.4 Å². The van der Waals surface area contributed by atoms with Crippen LogP contribution in [0.25, 0.3) is 0 Å². The molecule has 16 heavy (non-hydrogen) atoms. The molecule has 88 valence electrons. The van der Waals surface area contributed by atoms with E-state index in [-0.39, 0.29) is 11.4 Å². The summed E-state index contributed by atoms with van der Waals surface area (Å²) in [7, 11) is 2.04. The van der Waals surface area contributed by atoms with E-state index in [4.69, 9.17) is 11.1 Å². The minimum absolute atomic E-state index is 0.00422. The molecule has 0 saturated heterocycles. The highest BCUT2D eigenvalue weighted by Gasteiger charge is 2.21. The summed E-state index contributed by atoms with van der Waals surface area (Å²) in [6.45, 7) is 6.52. The highest BCUT2D eigenvalue weighted by molar-refractivity contribution is 5.93. The van der Waals surface area contributed by atoms with Crippen molar-refractivity contribution in [3.8, 4) is 0 Å². The van der Waals surface area contributed by atoms with Gasteiger partial charge in [0.1, 0.15) is 11.5 Å². The first-order valence-electron chi connectivity index (χ1n) is 5.42. The van der Waals surface area contributed by atoms with Crippen LogP contribution in [0.2, 0.25) is 0 Å². The maximum absolute atomic E-state index is 7.37. The van der Waals surface area contributed by atoms with Crippen molar-refractivity contribution in [3.05, 3.63) is 24.0 Å². The van der Waals surface area contributed by atoms with Gasteiger partial charge in [-0.1, -0.05) is 6.92 Å². The molecule has 4 heteroatoms. The first-order chi connectivity index (χ1) is 7.38. The lowest BCUT2D eigenvalue weighted by molar-refractivity contribution is 0.470. The van der Waals surface area contributed by atoms with Gasteiger partial charge in [-0.2, -0.15) is 0 Å². The Balaban J connectivity index is 3.05. The molecule has 1 aromatic heterocycles. The van der Waals surface area contributed by atoms with Crippen LogP contribution in [-0.2, 0) is 0 Å². The lowest BCUT2D eigenvalue weighted by atomic mass is 9.99. The molecule has 0 spiro atoms. The number of pyridine rings is 1. The van der Waals surface area contributed by atoms with E-state index in [1.165, 1.54) is 0 Å². The molecule has 1 aromatic rings. The van der Waals surface area contributed by atoms with Gasteiger partial charge < -0.3 is 10.6 Å². The second-order valence-corrected chi connectivity index (χ2v) is 4.54. The zero-order valence-corrected chi connectivity index (χ0v) is 10.4. The highest BCUT2D eigenvalue weighted by atomic mass is 15.2. The molecule has 1 heterocycles. The molecule has 0 radical (unpaired) electrons. The fraction of sp³-hybridized carbons (Fsp3) is 0.500. The van der Waals surface area contributed by atoms with Gasteiger partial charge in [0.05, 0.1) is 0 Å². The monoisotopic (exact) mass is 220 g/mol. The molecular weight excluding hydrogens is 200 g/mol. The summed E-state index contributed by atoms with van der Waals surface area (Å²) < 4.78 is 0. The van der Waals surface area contributed by atoms with Crippen LogP contribution in [0.4, 0.5) is 5.69 Å². The molecule has 0 aliphatic rings. The van der Waals surface area contributed by atoms with Gasteiger partial charge in [0, 0.05) is 24.5 Å². The molecule has 0 aromatic carbocycles. The number of aromatic nitrogens is 1. The summed E-state index contributed by atoms with van der Waals surface area (Å²) in [5.74, 6) is 0.00422. The SMILES string of the molecule is CCC(C)(C)N(C)c1ccnc(C(=N)N)c1. The van der Waals surface area contributed by atoms with E-state index >= 15 is 0 Å². The molecular formula is C12H20N4. The van der Waals surface area contributed by atoms with Gasteiger partial charge in [0.15, 0.2) is 0 Å². The number of amidine groups is 1. The Morgan fingerprint density at radius 3 is 2.69 bits per heavy atom. The second kappa shape index (κ2) is 4.51. The summed E-state index contributed by atoms with van der Waals surface area (Å²) in [5.41, 5.74) is 7.06. The summed E-state index contributed by atoms with van der Waals surface area (Å²) in [6, 6.07) is 3.78. The first-order valence-corrected chi connectivity index (χ1v) is 5.42. The molecule has 3 N–H and O–H groups in total. The van der Waals surface area contributed by atoms with Crippen molar-refractivity contribution in [2.75, 3.05) is 11.9 Å². The molecule has 0 aliphatic heterocycles. The van der Waals surface area contributed by atoms with Gasteiger partial charge in [-0.15, -0.1) is 0 Å². The van der Waals surface area contributed by atoms with Crippen LogP contribution in [-0.4, -0.2) is 23.4 Å². The largest absolute Gasteiger partial charge is 0.382 e. The third-order valence-corrected chi connectivity index (χ3v) is 3.18. The molecule has 0 saturated carbocycles. The Morgan fingerprint density at radius 2 is 2.19 bits per heavy atom. The normalized spacial score (nSPS) is 11.2. The van der Waals surface area contributed by atoms with Gasteiger partial charge >= 0.3 is 0 Å². The predicted octanol–water partition coefficient (Wildman–Crippen LogP) is 1.99. The Kier molecular flexibility index (Phi) is 3.52. The average molecular weight is 220 g/mol. The van der Waals surface area contributed by atoms with Crippen LogP contribution < -0.4 is 10.6 Å². The quantitative estimate of drug-likeness (QED) is 0.602. The van der Waals surface area contributed by atoms with Crippen molar-refractivity contribution < 1.29 is 0 Å². The smallest absolute Gasteiger partial charge is 0.141 e. The van der Waals surface area contributed by atoms with E-state index in [2.05, 4.69) is 30.7 Å². The highest BCUT2D eigenvalue weighted by Crippen LogP contribution is 2.24. The van der Waals surface area contributed by atoms with Crippen molar-refractivity contribution in [3.63, 3.8) is 0 Å². The molecule has 0 atom stereocenters. The van der Waals surface area contributed by atoms with Gasteiger partial charge in [-0.25, -0.2) is 0 Å². The minimum atomic E-state index is 0.00422. The Labute approximate surface area is 97.0 Å². The number of nitrogen functional groups attached to an aromatic ring is 1. The second-order valence-electron chi connectivity index (χ2n) is 4.54. The maximum atomic E-state index is 7.37. The van der Waals surface area contributed by atoms with Gasteiger partial charge in [0.25, 0.3) is 0 Å². The van der Waals surface area contributed by atoms with Crippen LogP contribution in [0.3, 0.4) is 0 Å². The van der Waals surface area contributed by atoms with E-state index in [1.54, 1.807) is 6.20 Å². The van der Waals surface area contributed by atoms with Crippen LogP contribution in [0.1, 0.15) is 32.9 Å². The summed E-state index contributed by atoms with van der Waals surface area (Å²) in [5, 5.41) is 7.37. The van der Waals surface area contributed by atoms with Crippen molar-refractivity contribution >= 4 is 11.5 Å². The summed E-state index contributed by atoms with van der Waals surface area (Å²) >= 11 is 0. The topological polar surface area (TPSA) is 66.0 Å². The Bertz CT molecular complexity index is 384. The van der Waals surface area contributed by atoms with E-state index in [1.807, 2.05) is 19.2 Å². The van der Waals surface area contributed by atoms with Crippen molar-refractivity contribution in [2.45, 2.75) is 32.7 Å².